The highest BCUT2D eigenvalue weighted by atomic mass is 79.9. The van der Waals surface area contributed by atoms with Gasteiger partial charge in [0.2, 0.25) is 0 Å². The maximum absolute atomic E-state index is 6.12. The van der Waals surface area contributed by atoms with E-state index in [0.29, 0.717) is 5.02 Å². The van der Waals surface area contributed by atoms with Crippen molar-refractivity contribution in [3.8, 4) is 0 Å². The standard InChI is InChI=1S/C12H8Br3ClN2/c1-6-2-8(14)11(4-10(6)16)18-12-9(15)3-7(13)5-17-12/h2-5H,1H3,(H,17,18). The molecule has 18 heavy (non-hydrogen) atoms. The zero-order chi connectivity index (χ0) is 13.3. The number of nitrogens with zero attached hydrogens (tertiary/aromatic N) is 1. The van der Waals surface area contributed by atoms with Crippen LogP contribution in [0.15, 0.2) is 37.8 Å². The van der Waals surface area contributed by atoms with Gasteiger partial charge in [-0.1, -0.05) is 11.6 Å². The molecule has 1 heterocycles. The first kappa shape index (κ1) is 14.3. The van der Waals surface area contributed by atoms with E-state index in [1.54, 1.807) is 6.20 Å². The second kappa shape index (κ2) is 5.90. The van der Waals surface area contributed by atoms with Gasteiger partial charge in [-0.3, -0.25) is 0 Å². The van der Waals surface area contributed by atoms with Crippen molar-refractivity contribution in [2.45, 2.75) is 6.92 Å². The Kier molecular flexibility index (Phi) is 4.69. The second-order valence-corrected chi connectivity index (χ2v) is 6.72. The van der Waals surface area contributed by atoms with Crippen LogP contribution in [0.1, 0.15) is 5.56 Å². The highest BCUT2D eigenvalue weighted by Crippen LogP contribution is 2.33. The average molecular weight is 455 g/mol. The monoisotopic (exact) mass is 452 g/mol. The van der Waals surface area contributed by atoms with E-state index in [1.165, 1.54) is 0 Å². The number of pyridine rings is 1. The summed E-state index contributed by atoms with van der Waals surface area (Å²) < 4.78 is 2.74. The molecule has 0 aliphatic heterocycles. The first-order valence-corrected chi connectivity index (χ1v) is 7.77. The molecule has 0 aliphatic carbocycles. The zero-order valence-corrected chi connectivity index (χ0v) is 14.8. The highest BCUT2D eigenvalue weighted by molar-refractivity contribution is 9.11. The lowest BCUT2D eigenvalue weighted by Gasteiger charge is -2.11. The lowest BCUT2D eigenvalue weighted by molar-refractivity contribution is 1.27. The molecule has 0 unspecified atom stereocenters. The summed E-state index contributed by atoms with van der Waals surface area (Å²) in [5.74, 6) is 0.735. The average Bonchev–Trinajstić information content (AvgIpc) is 2.29. The fourth-order valence-electron chi connectivity index (χ4n) is 1.38. The van der Waals surface area contributed by atoms with Gasteiger partial charge < -0.3 is 5.32 Å². The fourth-order valence-corrected chi connectivity index (χ4v) is 3.18. The first-order chi connectivity index (χ1) is 8.47. The quantitative estimate of drug-likeness (QED) is 0.594. The number of halogens is 4. The van der Waals surface area contributed by atoms with Gasteiger partial charge in [-0.15, -0.1) is 0 Å². The Hall–Kier alpha value is -0.100. The number of anilines is 2. The molecule has 2 aromatic rings. The molecule has 0 saturated heterocycles. The van der Waals surface area contributed by atoms with Crippen LogP contribution in [0.2, 0.25) is 5.02 Å². The van der Waals surface area contributed by atoms with Crippen molar-refractivity contribution in [2.24, 2.45) is 0 Å². The molecule has 2 rings (SSSR count). The Morgan fingerprint density at radius 1 is 1.11 bits per heavy atom. The molecule has 0 radical (unpaired) electrons. The topological polar surface area (TPSA) is 24.9 Å². The largest absolute Gasteiger partial charge is 0.338 e. The molecule has 1 aromatic heterocycles. The number of hydrogen-bond acceptors (Lipinski definition) is 2. The summed E-state index contributed by atoms with van der Waals surface area (Å²) in [7, 11) is 0. The minimum atomic E-state index is 0.717. The number of rotatable bonds is 2. The van der Waals surface area contributed by atoms with Gasteiger partial charge in [-0.05, 0) is 78.5 Å². The van der Waals surface area contributed by atoms with Crippen LogP contribution in [0, 0.1) is 6.92 Å². The lowest BCUT2D eigenvalue weighted by atomic mass is 10.2. The molecule has 0 bridgehead atoms. The van der Waals surface area contributed by atoms with Crippen molar-refractivity contribution >= 4 is 70.9 Å². The summed E-state index contributed by atoms with van der Waals surface area (Å²) in [6.07, 6.45) is 1.73. The van der Waals surface area contributed by atoms with Gasteiger partial charge in [0, 0.05) is 20.2 Å². The van der Waals surface area contributed by atoms with Crippen molar-refractivity contribution in [1.29, 1.82) is 0 Å². The first-order valence-electron chi connectivity index (χ1n) is 5.01. The van der Waals surface area contributed by atoms with Gasteiger partial charge in [0.15, 0.2) is 0 Å². The van der Waals surface area contributed by atoms with E-state index in [-0.39, 0.29) is 0 Å². The van der Waals surface area contributed by atoms with Crippen LogP contribution in [-0.4, -0.2) is 4.98 Å². The number of aryl methyl sites for hydroxylation is 1. The Labute approximate surface area is 136 Å². The highest BCUT2D eigenvalue weighted by Gasteiger charge is 2.08. The molecular formula is C12H8Br3ClN2. The fraction of sp³-hybridized carbons (Fsp3) is 0.0833. The Morgan fingerprint density at radius 2 is 1.83 bits per heavy atom. The minimum absolute atomic E-state index is 0.717. The normalized spacial score (nSPS) is 10.5. The van der Waals surface area contributed by atoms with Crippen LogP contribution in [-0.2, 0) is 0 Å². The molecule has 0 amide bonds. The summed E-state index contributed by atoms with van der Waals surface area (Å²) >= 11 is 16.4. The predicted octanol–water partition coefficient (Wildman–Crippen LogP) is 6.07. The molecule has 0 aliphatic rings. The summed E-state index contributed by atoms with van der Waals surface area (Å²) in [5, 5.41) is 3.94. The van der Waals surface area contributed by atoms with Crippen LogP contribution in [0.3, 0.4) is 0 Å². The van der Waals surface area contributed by atoms with E-state index in [0.717, 1.165) is 30.5 Å². The smallest absolute Gasteiger partial charge is 0.144 e. The summed E-state index contributed by atoms with van der Waals surface area (Å²) in [6, 6.07) is 5.77. The summed E-state index contributed by atoms with van der Waals surface area (Å²) in [6.45, 7) is 1.96. The van der Waals surface area contributed by atoms with Crippen molar-refractivity contribution < 1.29 is 0 Å². The number of aromatic nitrogens is 1. The van der Waals surface area contributed by atoms with E-state index in [9.17, 15) is 0 Å². The van der Waals surface area contributed by atoms with Gasteiger partial charge in [0.25, 0.3) is 0 Å². The molecule has 2 nitrogen and oxygen atoms in total. The van der Waals surface area contributed by atoms with E-state index >= 15 is 0 Å². The number of nitrogens with one attached hydrogen (secondary N) is 1. The Balaban J connectivity index is 2.37. The van der Waals surface area contributed by atoms with Crippen LogP contribution in [0.4, 0.5) is 11.5 Å². The number of hydrogen-bond donors (Lipinski definition) is 1. The predicted molar refractivity (Wildman–Crippen MR) is 86.8 cm³/mol. The van der Waals surface area contributed by atoms with Gasteiger partial charge >= 0.3 is 0 Å². The SMILES string of the molecule is Cc1cc(Br)c(Nc2ncc(Br)cc2Br)cc1Cl. The maximum atomic E-state index is 6.12. The third kappa shape index (κ3) is 3.26. The molecule has 6 heteroatoms. The van der Waals surface area contributed by atoms with E-state index < -0.39 is 0 Å². The molecule has 0 atom stereocenters. The van der Waals surface area contributed by atoms with E-state index in [1.807, 2.05) is 25.1 Å². The van der Waals surface area contributed by atoms with Crippen molar-refractivity contribution in [3.63, 3.8) is 0 Å². The number of benzene rings is 1. The molecule has 94 valence electrons. The lowest BCUT2D eigenvalue weighted by Crippen LogP contribution is -1.96. The molecule has 1 aromatic carbocycles. The summed E-state index contributed by atoms with van der Waals surface area (Å²) in [4.78, 5) is 4.30. The maximum Gasteiger partial charge on any atom is 0.144 e. The van der Waals surface area contributed by atoms with Gasteiger partial charge in [0.1, 0.15) is 5.82 Å². The van der Waals surface area contributed by atoms with Gasteiger partial charge in [-0.2, -0.15) is 0 Å². The molecule has 0 saturated carbocycles. The zero-order valence-electron chi connectivity index (χ0n) is 9.27. The van der Waals surface area contributed by atoms with E-state index in [2.05, 4.69) is 58.1 Å². The van der Waals surface area contributed by atoms with Crippen molar-refractivity contribution in [2.75, 3.05) is 5.32 Å². The van der Waals surface area contributed by atoms with Crippen LogP contribution in [0.25, 0.3) is 0 Å². The van der Waals surface area contributed by atoms with Crippen LogP contribution < -0.4 is 5.32 Å². The molecule has 0 spiro atoms. The van der Waals surface area contributed by atoms with Crippen LogP contribution >= 0.6 is 59.4 Å². The minimum Gasteiger partial charge on any atom is -0.338 e. The van der Waals surface area contributed by atoms with Crippen molar-refractivity contribution in [1.82, 2.24) is 4.98 Å². The molecule has 1 N–H and O–H groups in total. The molecule has 0 fully saturated rings. The van der Waals surface area contributed by atoms with E-state index in [4.69, 9.17) is 11.6 Å². The summed E-state index contributed by atoms with van der Waals surface area (Å²) in [5.41, 5.74) is 1.90. The third-order valence-electron chi connectivity index (χ3n) is 2.31. The van der Waals surface area contributed by atoms with Crippen LogP contribution in [0.5, 0.6) is 0 Å². The third-order valence-corrected chi connectivity index (χ3v) is 4.41. The Morgan fingerprint density at radius 3 is 2.50 bits per heavy atom. The molecular weight excluding hydrogens is 447 g/mol. The van der Waals surface area contributed by atoms with Gasteiger partial charge in [0.05, 0.1) is 10.2 Å². The Bertz CT molecular complexity index is 602. The van der Waals surface area contributed by atoms with Gasteiger partial charge in [-0.25, -0.2) is 4.98 Å². The van der Waals surface area contributed by atoms with Crippen molar-refractivity contribution in [3.05, 3.63) is 48.4 Å². The second-order valence-electron chi connectivity index (χ2n) is 3.69.